The highest BCUT2D eigenvalue weighted by molar-refractivity contribution is 9.09. The van der Waals surface area contributed by atoms with Gasteiger partial charge in [0.05, 0.1) is 0 Å². The van der Waals surface area contributed by atoms with Crippen molar-refractivity contribution in [2.75, 3.05) is 5.33 Å². The largest absolute Gasteiger partial charge is 0.299 e. The van der Waals surface area contributed by atoms with Crippen LogP contribution in [0.3, 0.4) is 0 Å². The fourth-order valence-corrected chi connectivity index (χ4v) is 3.60. The lowest BCUT2D eigenvalue weighted by Gasteiger charge is -2.32. The summed E-state index contributed by atoms with van der Waals surface area (Å²) < 4.78 is 0. The molecule has 0 radical (unpaired) electrons. The third-order valence-electron chi connectivity index (χ3n) is 4.97. The zero-order valence-corrected chi connectivity index (χ0v) is 12.7. The molecule has 0 spiro atoms. The number of rotatable bonds is 2. The lowest BCUT2D eigenvalue weighted by Crippen LogP contribution is -2.32. The number of unbranched alkanes of at least 4 members (excludes halogenated alkanes) is 1. The van der Waals surface area contributed by atoms with Crippen LogP contribution in [0.4, 0.5) is 0 Å². The molecule has 2 aliphatic carbocycles. The molecule has 2 fully saturated rings. The predicted molar refractivity (Wildman–Crippen MR) is 72.9 cm³/mol. The summed E-state index contributed by atoms with van der Waals surface area (Å²) in [6, 6.07) is 0. The third kappa shape index (κ3) is 2.23. The molecule has 0 aromatic carbocycles. The highest BCUT2D eigenvalue weighted by Crippen LogP contribution is 2.63. The van der Waals surface area contributed by atoms with Crippen LogP contribution in [0.15, 0.2) is 0 Å². The van der Waals surface area contributed by atoms with Crippen molar-refractivity contribution in [3.8, 4) is 0 Å². The summed E-state index contributed by atoms with van der Waals surface area (Å²) >= 11 is 3.31. The average Bonchev–Trinajstić information content (AvgIpc) is 2.53. The first-order chi connectivity index (χ1) is 7.40. The second-order valence-corrected chi connectivity index (χ2v) is 6.75. The maximum Gasteiger partial charge on any atom is 0.139 e. The Morgan fingerprint density at radius 1 is 1.38 bits per heavy atom. The molecule has 16 heavy (non-hydrogen) atoms. The van der Waals surface area contributed by atoms with Gasteiger partial charge in [-0.25, -0.2) is 0 Å². The molecule has 2 bridgehead atoms. The van der Waals surface area contributed by atoms with Gasteiger partial charge in [0.2, 0.25) is 0 Å². The molecule has 0 heterocycles. The minimum absolute atomic E-state index is 0.0255. The third-order valence-corrected chi connectivity index (χ3v) is 5.53. The Morgan fingerprint density at radius 2 is 2.00 bits per heavy atom. The molecule has 2 unspecified atom stereocenters. The maximum absolute atomic E-state index is 11.6. The van der Waals surface area contributed by atoms with Gasteiger partial charge in [-0.3, -0.25) is 4.79 Å². The molecular formula is C14H25BrO. The Balaban J connectivity index is 0.000000221. The second kappa shape index (κ2) is 5.20. The van der Waals surface area contributed by atoms with Crippen molar-refractivity contribution in [3.05, 3.63) is 0 Å². The number of carbonyl (C=O) groups excluding carboxylic acids is 1. The number of Topliss-reactive ketones (excluding diaryl/α,β-unsaturated/α-hetero) is 1. The molecule has 1 nitrogen and oxygen atoms in total. The van der Waals surface area contributed by atoms with Crippen molar-refractivity contribution in [3.63, 3.8) is 0 Å². The molecule has 2 saturated carbocycles. The molecule has 0 saturated heterocycles. The minimum atomic E-state index is 0.0255. The molecule has 0 N–H and O–H groups in total. The number of hydrogen-bond acceptors (Lipinski definition) is 1. The van der Waals surface area contributed by atoms with Crippen molar-refractivity contribution >= 4 is 21.7 Å². The van der Waals surface area contributed by atoms with Crippen LogP contribution in [0.2, 0.25) is 0 Å². The Labute approximate surface area is 109 Å². The monoisotopic (exact) mass is 288 g/mol. The van der Waals surface area contributed by atoms with E-state index in [1.165, 1.54) is 19.3 Å². The van der Waals surface area contributed by atoms with E-state index in [-0.39, 0.29) is 10.8 Å². The van der Waals surface area contributed by atoms with E-state index in [4.69, 9.17) is 0 Å². The first-order valence-corrected chi connectivity index (χ1v) is 7.61. The fraction of sp³-hybridized carbons (Fsp3) is 0.929. The van der Waals surface area contributed by atoms with Gasteiger partial charge in [0, 0.05) is 17.2 Å². The summed E-state index contributed by atoms with van der Waals surface area (Å²) in [5, 5.41) is 1.16. The van der Waals surface area contributed by atoms with Gasteiger partial charge in [-0.05, 0) is 30.6 Å². The highest BCUT2D eigenvalue weighted by atomic mass is 79.9. The molecule has 2 aliphatic rings. The van der Waals surface area contributed by atoms with Crippen molar-refractivity contribution in [2.45, 2.75) is 59.8 Å². The molecule has 2 rings (SSSR count). The van der Waals surface area contributed by atoms with Gasteiger partial charge in [-0.15, -0.1) is 0 Å². The van der Waals surface area contributed by atoms with E-state index >= 15 is 0 Å². The predicted octanol–water partition coefficient (Wildman–Crippen LogP) is 4.58. The molecular weight excluding hydrogens is 264 g/mol. The van der Waals surface area contributed by atoms with E-state index in [0.717, 1.165) is 18.2 Å². The standard InChI is InChI=1S/C10H16O.C4H9Br/c1-9(2)7-4-5-10(9,3)8(11)6-7;1-2-3-4-5/h7H,4-6H2,1-3H3;2-4H2,1H3. The van der Waals surface area contributed by atoms with Crippen molar-refractivity contribution < 1.29 is 4.79 Å². The van der Waals surface area contributed by atoms with Crippen LogP contribution in [0.5, 0.6) is 0 Å². The van der Waals surface area contributed by atoms with E-state index in [2.05, 4.69) is 43.6 Å². The molecule has 0 aliphatic heterocycles. The summed E-state index contributed by atoms with van der Waals surface area (Å²) in [6.45, 7) is 8.86. The van der Waals surface area contributed by atoms with Crippen LogP contribution in [0.25, 0.3) is 0 Å². The van der Waals surface area contributed by atoms with E-state index in [9.17, 15) is 4.79 Å². The van der Waals surface area contributed by atoms with Crippen LogP contribution in [-0.2, 0) is 4.79 Å². The molecule has 0 aromatic heterocycles. The lowest BCUT2D eigenvalue weighted by molar-refractivity contribution is -0.128. The smallest absolute Gasteiger partial charge is 0.139 e. The zero-order valence-electron chi connectivity index (χ0n) is 11.1. The zero-order chi connectivity index (χ0) is 12.4. The number of hydrogen-bond donors (Lipinski definition) is 0. The van der Waals surface area contributed by atoms with Crippen LogP contribution in [0.1, 0.15) is 59.8 Å². The topological polar surface area (TPSA) is 17.1 Å². The molecule has 2 atom stereocenters. The summed E-state index contributed by atoms with van der Waals surface area (Å²) in [7, 11) is 0. The first-order valence-electron chi connectivity index (χ1n) is 6.49. The van der Waals surface area contributed by atoms with Crippen molar-refractivity contribution in [2.24, 2.45) is 16.7 Å². The summed E-state index contributed by atoms with van der Waals surface area (Å²) in [6.07, 6.45) is 5.85. The van der Waals surface area contributed by atoms with Crippen molar-refractivity contribution in [1.29, 1.82) is 0 Å². The minimum Gasteiger partial charge on any atom is -0.299 e. The molecule has 2 heteroatoms. The summed E-state index contributed by atoms with van der Waals surface area (Å²) in [5.74, 6) is 1.19. The van der Waals surface area contributed by atoms with Gasteiger partial charge in [-0.1, -0.05) is 50.0 Å². The van der Waals surface area contributed by atoms with Gasteiger partial charge in [0.15, 0.2) is 0 Å². The Hall–Kier alpha value is 0.150. The fourth-order valence-electron chi connectivity index (χ4n) is 3.04. The molecule has 0 amide bonds. The number of carbonyl (C=O) groups is 1. The Bertz CT molecular complexity index is 257. The number of fused-ring (bicyclic) bond motifs is 2. The first kappa shape index (κ1) is 14.2. The Morgan fingerprint density at radius 3 is 2.12 bits per heavy atom. The second-order valence-electron chi connectivity index (χ2n) is 5.96. The number of alkyl halides is 1. The Kier molecular flexibility index (Phi) is 4.62. The molecule has 0 aromatic rings. The summed E-state index contributed by atoms with van der Waals surface area (Å²) in [5.41, 5.74) is 0.307. The average molecular weight is 289 g/mol. The van der Waals surface area contributed by atoms with Gasteiger partial charge in [-0.2, -0.15) is 0 Å². The van der Waals surface area contributed by atoms with Crippen LogP contribution >= 0.6 is 15.9 Å². The van der Waals surface area contributed by atoms with E-state index in [1.807, 2.05) is 0 Å². The van der Waals surface area contributed by atoms with E-state index in [0.29, 0.717) is 11.7 Å². The number of halogens is 1. The van der Waals surface area contributed by atoms with E-state index in [1.54, 1.807) is 0 Å². The van der Waals surface area contributed by atoms with Gasteiger partial charge < -0.3 is 0 Å². The van der Waals surface area contributed by atoms with Gasteiger partial charge >= 0.3 is 0 Å². The lowest BCUT2D eigenvalue weighted by atomic mass is 9.70. The van der Waals surface area contributed by atoms with Crippen LogP contribution in [0, 0.1) is 16.7 Å². The highest BCUT2D eigenvalue weighted by Gasteiger charge is 2.61. The normalized spacial score (nSPS) is 34.8. The van der Waals surface area contributed by atoms with Gasteiger partial charge in [0.1, 0.15) is 5.78 Å². The number of ketones is 1. The molecule has 94 valence electrons. The SMILES string of the molecule is CC12CCC(CC1=O)C2(C)C.CCCCBr. The van der Waals surface area contributed by atoms with Crippen molar-refractivity contribution in [1.82, 2.24) is 0 Å². The van der Waals surface area contributed by atoms with Crippen LogP contribution in [-0.4, -0.2) is 11.1 Å². The van der Waals surface area contributed by atoms with Gasteiger partial charge in [0.25, 0.3) is 0 Å². The quantitative estimate of drug-likeness (QED) is 0.680. The maximum atomic E-state index is 11.6. The van der Waals surface area contributed by atoms with E-state index < -0.39 is 0 Å². The summed E-state index contributed by atoms with van der Waals surface area (Å²) in [4.78, 5) is 11.6. The van der Waals surface area contributed by atoms with Crippen LogP contribution < -0.4 is 0 Å².